The Labute approximate surface area is 194 Å². The monoisotopic (exact) mass is 474 g/mol. The highest BCUT2D eigenvalue weighted by atomic mass is 32.2. The van der Waals surface area contributed by atoms with E-state index in [9.17, 15) is 13.2 Å². The third-order valence-electron chi connectivity index (χ3n) is 5.77. The van der Waals surface area contributed by atoms with E-state index in [1.54, 1.807) is 24.3 Å². The van der Waals surface area contributed by atoms with Gasteiger partial charge in [0.25, 0.3) is 0 Å². The lowest BCUT2D eigenvalue weighted by molar-refractivity contribution is -0.116. The molecule has 0 aliphatic carbocycles. The summed E-state index contributed by atoms with van der Waals surface area (Å²) in [5.74, 6) is 0.642. The third-order valence-corrected chi connectivity index (χ3v) is 7.68. The lowest BCUT2D eigenvalue weighted by atomic mass is 10.1. The Kier molecular flexibility index (Phi) is 7.97. The first-order chi connectivity index (χ1) is 16.0. The van der Waals surface area contributed by atoms with Crippen LogP contribution in [0.3, 0.4) is 0 Å². The van der Waals surface area contributed by atoms with E-state index < -0.39 is 10.0 Å². The van der Waals surface area contributed by atoms with E-state index >= 15 is 0 Å². The number of aryl methyl sites for hydroxylation is 1. The molecule has 0 spiro atoms. The molecule has 8 nitrogen and oxygen atoms in total. The minimum atomic E-state index is -3.51. The van der Waals surface area contributed by atoms with Gasteiger partial charge in [-0.1, -0.05) is 12.1 Å². The van der Waals surface area contributed by atoms with Gasteiger partial charge in [0.15, 0.2) is 0 Å². The zero-order valence-electron chi connectivity index (χ0n) is 18.6. The van der Waals surface area contributed by atoms with Crippen LogP contribution < -0.4 is 10.1 Å². The van der Waals surface area contributed by atoms with Gasteiger partial charge < -0.3 is 19.5 Å². The Morgan fingerprint density at radius 2 is 1.76 bits per heavy atom. The van der Waals surface area contributed by atoms with Gasteiger partial charge in [-0.25, -0.2) is 8.42 Å². The molecule has 2 heterocycles. The fourth-order valence-corrected chi connectivity index (χ4v) is 5.25. The average Bonchev–Trinajstić information content (AvgIpc) is 3.37. The van der Waals surface area contributed by atoms with Gasteiger partial charge in [-0.15, -0.1) is 0 Å². The summed E-state index contributed by atoms with van der Waals surface area (Å²) in [5, 5.41) is 2.88. The quantitative estimate of drug-likeness (QED) is 0.601. The molecule has 2 fully saturated rings. The number of rotatable bonds is 9. The Bertz CT molecular complexity index is 1010. The number of anilines is 1. The number of amides is 1. The Hall–Kier alpha value is -2.46. The van der Waals surface area contributed by atoms with Crippen LogP contribution in [0.1, 0.15) is 24.8 Å². The molecule has 0 bridgehead atoms. The van der Waals surface area contributed by atoms with Crippen LogP contribution >= 0.6 is 0 Å². The van der Waals surface area contributed by atoms with E-state index in [2.05, 4.69) is 5.32 Å². The van der Waals surface area contributed by atoms with Crippen LogP contribution in [0.2, 0.25) is 0 Å². The molecule has 2 saturated heterocycles. The van der Waals surface area contributed by atoms with Crippen molar-refractivity contribution in [2.24, 2.45) is 0 Å². The summed E-state index contributed by atoms with van der Waals surface area (Å²) in [4.78, 5) is 12.6. The molecule has 2 aromatic rings. The molecule has 2 aliphatic heterocycles. The Balaban J connectivity index is 1.23. The van der Waals surface area contributed by atoms with Gasteiger partial charge >= 0.3 is 0 Å². The van der Waals surface area contributed by atoms with E-state index in [4.69, 9.17) is 14.2 Å². The molecule has 0 radical (unpaired) electrons. The van der Waals surface area contributed by atoms with Crippen molar-refractivity contribution in [2.75, 3.05) is 44.8 Å². The Morgan fingerprint density at radius 1 is 1.03 bits per heavy atom. The van der Waals surface area contributed by atoms with Gasteiger partial charge in [-0.2, -0.15) is 4.31 Å². The second-order valence-electron chi connectivity index (χ2n) is 8.18. The highest BCUT2D eigenvalue weighted by molar-refractivity contribution is 7.89. The van der Waals surface area contributed by atoms with Gasteiger partial charge in [0.1, 0.15) is 12.4 Å². The number of nitrogens with one attached hydrogen (secondary N) is 1. The second kappa shape index (κ2) is 11.1. The summed E-state index contributed by atoms with van der Waals surface area (Å²) in [6.07, 6.45) is 3.09. The van der Waals surface area contributed by atoms with Crippen molar-refractivity contribution in [2.45, 2.75) is 36.7 Å². The molecule has 1 amide bonds. The number of carbonyl (C=O) groups is 1. The van der Waals surface area contributed by atoms with E-state index in [0.717, 1.165) is 30.8 Å². The minimum Gasteiger partial charge on any atom is -0.491 e. The third kappa shape index (κ3) is 6.54. The number of nitrogens with zero attached hydrogens (tertiary/aromatic N) is 1. The molecular weight excluding hydrogens is 444 g/mol. The van der Waals surface area contributed by atoms with Crippen molar-refractivity contribution in [1.29, 1.82) is 0 Å². The maximum Gasteiger partial charge on any atom is 0.243 e. The van der Waals surface area contributed by atoms with E-state index in [-0.39, 0.29) is 16.9 Å². The van der Waals surface area contributed by atoms with Crippen molar-refractivity contribution in [3.63, 3.8) is 0 Å². The molecule has 9 heteroatoms. The zero-order chi connectivity index (χ0) is 23.1. The van der Waals surface area contributed by atoms with Crippen molar-refractivity contribution in [1.82, 2.24) is 4.31 Å². The van der Waals surface area contributed by atoms with Gasteiger partial charge in [0.05, 0.1) is 24.2 Å². The molecule has 1 atom stereocenters. The lowest BCUT2D eigenvalue weighted by Gasteiger charge is -2.26. The molecule has 178 valence electrons. The number of carbonyl (C=O) groups excluding carboxylic acids is 1. The molecule has 2 aromatic carbocycles. The molecule has 1 unspecified atom stereocenters. The van der Waals surface area contributed by atoms with Gasteiger partial charge in [0, 0.05) is 31.8 Å². The fraction of sp³-hybridized carbons (Fsp3) is 0.458. The minimum absolute atomic E-state index is 0.104. The summed E-state index contributed by atoms with van der Waals surface area (Å²) >= 11 is 0. The standard InChI is InChI=1S/C24H30N2O6S/c27-24(25-20-6-8-21(9-7-20)32-18-22-2-1-15-31-22)12-5-19-3-10-23(11-4-19)33(28,29)26-13-16-30-17-14-26/h3-4,6-11,22H,1-2,5,12-18H2,(H,25,27). The highest BCUT2D eigenvalue weighted by Gasteiger charge is 2.26. The second-order valence-corrected chi connectivity index (χ2v) is 10.1. The van der Waals surface area contributed by atoms with Crippen LogP contribution in [0.4, 0.5) is 5.69 Å². The van der Waals surface area contributed by atoms with Crippen molar-refractivity contribution in [3.05, 3.63) is 54.1 Å². The first-order valence-corrected chi connectivity index (χ1v) is 12.8. The summed E-state index contributed by atoms with van der Waals surface area (Å²) < 4.78 is 43.3. The predicted octanol–water partition coefficient (Wildman–Crippen LogP) is 2.84. The first-order valence-electron chi connectivity index (χ1n) is 11.3. The van der Waals surface area contributed by atoms with Crippen LogP contribution in [-0.4, -0.2) is 64.3 Å². The molecule has 1 N–H and O–H groups in total. The predicted molar refractivity (Wildman–Crippen MR) is 124 cm³/mol. The van der Waals surface area contributed by atoms with Crippen LogP contribution in [0.5, 0.6) is 5.75 Å². The highest BCUT2D eigenvalue weighted by Crippen LogP contribution is 2.20. The molecular formula is C24H30N2O6S. The Morgan fingerprint density at radius 3 is 2.42 bits per heavy atom. The normalized spacial score (nSPS) is 19.3. The molecule has 0 aromatic heterocycles. The number of sulfonamides is 1. The number of hydrogen-bond acceptors (Lipinski definition) is 6. The zero-order valence-corrected chi connectivity index (χ0v) is 19.4. The van der Waals surface area contributed by atoms with Crippen LogP contribution in [0.25, 0.3) is 0 Å². The number of hydrogen-bond donors (Lipinski definition) is 1. The summed E-state index contributed by atoms with van der Waals surface area (Å²) in [6.45, 7) is 2.91. The van der Waals surface area contributed by atoms with Gasteiger partial charge in [0.2, 0.25) is 15.9 Å². The van der Waals surface area contributed by atoms with E-state index in [1.807, 2.05) is 24.3 Å². The fourth-order valence-electron chi connectivity index (χ4n) is 3.84. The van der Waals surface area contributed by atoms with Crippen molar-refractivity contribution < 1.29 is 27.4 Å². The maximum atomic E-state index is 12.7. The van der Waals surface area contributed by atoms with Crippen LogP contribution in [0, 0.1) is 0 Å². The summed E-state index contributed by atoms with van der Waals surface area (Å²) in [6, 6.07) is 14.0. The SMILES string of the molecule is O=C(CCc1ccc(S(=O)(=O)N2CCOCC2)cc1)Nc1ccc(OCC2CCCO2)cc1. The number of benzene rings is 2. The first kappa shape index (κ1) is 23.7. The topological polar surface area (TPSA) is 94.2 Å². The van der Waals surface area contributed by atoms with Crippen molar-refractivity contribution in [3.8, 4) is 5.75 Å². The average molecular weight is 475 g/mol. The van der Waals surface area contributed by atoms with E-state index in [0.29, 0.717) is 51.4 Å². The number of morpholine rings is 1. The summed E-state index contributed by atoms with van der Waals surface area (Å²) in [7, 11) is -3.51. The van der Waals surface area contributed by atoms with Crippen LogP contribution in [0.15, 0.2) is 53.4 Å². The largest absolute Gasteiger partial charge is 0.491 e. The smallest absolute Gasteiger partial charge is 0.243 e. The van der Waals surface area contributed by atoms with E-state index in [1.165, 1.54) is 4.31 Å². The van der Waals surface area contributed by atoms with Gasteiger partial charge in [-0.05, 0) is 61.2 Å². The maximum absolute atomic E-state index is 12.7. The summed E-state index contributed by atoms with van der Waals surface area (Å²) in [5.41, 5.74) is 1.61. The lowest BCUT2D eigenvalue weighted by Crippen LogP contribution is -2.40. The van der Waals surface area contributed by atoms with Gasteiger partial charge in [-0.3, -0.25) is 4.79 Å². The molecule has 2 aliphatic rings. The molecule has 4 rings (SSSR count). The van der Waals surface area contributed by atoms with Crippen molar-refractivity contribution >= 4 is 21.6 Å². The molecule has 33 heavy (non-hydrogen) atoms. The van der Waals surface area contributed by atoms with Crippen LogP contribution in [-0.2, 0) is 30.7 Å². The number of ether oxygens (including phenoxy) is 3. The molecule has 0 saturated carbocycles.